The van der Waals surface area contributed by atoms with Crippen LogP contribution in [0.5, 0.6) is 0 Å². The van der Waals surface area contributed by atoms with E-state index in [4.69, 9.17) is 4.74 Å². The molecule has 0 bridgehead atoms. The Morgan fingerprint density at radius 3 is 2.89 bits per heavy atom. The average molecular weight is 253 g/mol. The van der Waals surface area contributed by atoms with E-state index < -0.39 is 0 Å². The van der Waals surface area contributed by atoms with Crippen LogP contribution in [0.15, 0.2) is 0 Å². The van der Waals surface area contributed by atoms with E-state index in [-0.39, 0.29) is 5.91 Å². The molecule has 2 unspecified atom stereocenters. The summed E-state index contributed by atoms with van der Waals surface area (Å²) in [6.07, 6.45) is 2.60. The third-order valence-corrected chi connectivity index (χ3v) is 4.40. The molecule has 0 aromatic rings. The minimum absolute atomic E-state index is 0.275. The van der Waals surface area contributed by atoms with Crippen LogP contribution in [0.2, 0.25) is 0 Å². The lowest BCUT2D eigenvalue weighted by atomic mass is 9.94. The van der Waals surface area contributed by atoms with Gasteiger partial charge in [-0.05, 0) is 25.3 Å². The topological polar surface area (TPSA) is 44.8 Å². The van der Waals surface area contributed by atoms with Crippen LogP contribution in [0.25, 0.3) is 0 Å². The zero-order valence-corrected chi connectivity index (χ0v) is 10.9. The molecule has 3 rings (SSSR count). The van der Waals surface area contributed by atoms with E-state index in [1.54, 1.807) is 0 Å². The molecule has 0 radical (unpaired) electrons. The van der Waals surface area contributed by atoms with Crippen molar-refractivity contribution in [3.05, 3.63) is 0 Å². The Kier molecular flexibility index (Phi) is 3.82. The molecule has 18 heavy (non-hydrogen) atoms. The van der Waals surface area contributed by atoms with Gasteiger partial charge in [0.15, 0.2) is 0 Å². The normalized spacial score (nSPS) is 33.4. The fourth-order valence-corrected chi connectivity index (χ4v) is 3.37. The molecule has 0 saturated carbocycles. The van der Waals surface area contributed by atoms with Crippen LogP contribution >= 0.6 is 0 Å². The van der Waals surface area contributed by atoms with Gasteiger partial charge in [-0.25, -0.2) is 0 Å². The van der Waals surface area contributed by atoms with E-state index in [1.807, 2.05) is 4.90 Å². The molecule has 3 saturated heterocycles. The summed E-state index contributed by atoms with van der Waals surface area (Å²) in [5.74, 6) is 1.04. The molecule has 5 nitrogen and oxygen atoms in total. The quantitative estimate of drug-likeness (QED) is 0.722. The summed E-state index contributed by atoms with van der Waals surface area (Å²) in [6.45, 7) is 6.78. The predicted molar refractivity (Wildman–Crippen MR) is 68.4 cm³/mol. The van der Waals surface area contributed by atoms with Gasteiger partial charge < -0.3 is 15.0 Å². The third kappa shape index (κ3) is 2.68. The van der Waals surface area contributed by atoms with Gasteiger partial charge in [0.2, 0.25) is 5.91 Å². The van der Waals surface area contributed by atoms with Crippen LogP contribution < -0.4 is 5.32 Å². The summed E-state index contributed by atoms with van der Waals surface area (Å²) in [5.41, 5.74) is 0. The molecule has 3 fully saturated rings. The molecule has 0 aliphatic carbocycles. The van der Waals surface area contributed by atoms with Crippen molar-refractivity contribution in [2.24, 2.45) is 5.92 Å². The van der Waals surface area contributed by atoms with Gasteiger partial charge in [-0.2, -0.15) is 0 Å². The highest BCUT2D eigenvalue weighted by Gasteiger charge is 2.35. The Morgan fingerprint density at radius 2 is 2.11 bits per heavy atom. The molecule has 102 valence electrons. The zero-order valence-electron chi connectivity index (χ0n) is 10.9. The van der Waals surface area contributed by atoms with E-state index in [2.05, 4.69) is 10.2 Å². The molecule has 2 atom stereocenters. The van der Waals surface area contributed by atoms with E-state index in [0.717, 1.165) is 38.6 Å². The summed E-state index contributed by atoms with van der Waals surface area (Å²) in [6, 6.07) is 0.622. The second-order valence-corrected chi connectivity index (χ2v) is 5.65. The van der Waals surface area contributed by atoms with Crippen LogP contribution in [0, 0.1) is 5.92 Å². The Morgan fingerprint density at radius 1 is 1.28 bits per heavy atom. The minimum Gasteiger partial charge on any atom is -0.378 e. The fraction of sp³-hybridized carbons (Fsp3) is 0.923. The van der Waals surface area contributed by atoms with Crippen molar-refractivity contribution in [2.45, 2.75) is 18.9 Å². The minimum atomic E-state index is 0.275. The number of carbonyl (C=O) groups excluding carboxylic acids is 1. The van der Waals surface area contributed by atoms with Crippen LogP contribution in [0.3, 0.4) is 0 Å². The van der Waals surface area contributed by atoms with Crippen molar-refractivity contribution in [1.29, 1.82) is 0 Å². The first-order valence-corrected chi connectivity index (χ1v) is 7.14. The number of fused-ring (bicyclic) bond motifs is 1. The molecule has 0 spiro atoms. The van der Waals surface area contributed by atoms with E-state index in [0.29, 0.717) is 25.8 Å². The van der Waals surface area contributed by atoms with Crippen molar-refractivity contribution in [3.8, 4) is 0 Å². The lowest BCUT2D eigenvalue weighted by Gasteiger charge is -2.28. The van der Waals surface area contributed by atoms with Gasteiger partial charge in [-0.15, -0.1) is 0 Å². The molecule has 3 aliphatic rings. The van der Waals surface area contributed by atoms with Crippen molar-refractivity contribution in [3.63, 3.8) is 0 Å². The monoisotopic (exact) mass is 253 g/mol. The molecule has 1 N–H and O–H groups in total. The average Bonchev–Trinajstić information content (AvgIpc) is 2.82. The summed E-state index contributed by atoms with van der Waals surface area (Å²) < 4.78 is 5.28. The number of carbonyl (C=O) groups is 1. The maximum atomic E-state index is 12.2. The van der Waals surface area contributed by atoms with Crippen LogP contribution in [0.1, 0.15) is 12.8 Å². The number of ether oxygens (including phenoxy) is 1. The number of hydrogen-bond donors (Lipinski definition) is 1. The lowest BCUT2D eigenvalue weighted by Crippen LogP contribution is -2.45. The van der Waals surface area contributed by atoms with E-state index in [1.165, 1.54) is 12.8 Å². The van der Waals surface area contributed by atoms with E-state index >= 15 is 0 Å². The highest BCUT2D eigenvalue weighted by molar-refractivity contribution is 5.78. The molecule has 0 aromatic heterocycles. The molecule has 0 aromatic carbocycles. The number of piperidine rings is 1. The highest BCUT2D eigenvalue weighted by Crippen LogP contribution is 2.24. The van der Waals surface area contributed by atoms with Crippen LogP contribution in [-0.2, 0) is 9.53 Å². The fourth-order valence-electron chi connectivity index (χ4n) is 3.37. The van der Waals surface area contributed by atoms with E-state index in [9.17, 15) is 4.79 Å². The summed E-state index contributed by atoms with van der Waals surface area (Å²) >= 11 is 0. The van der Waals surface area contributed by atoms with Gasteiger partial charge in [-0.1, -0.05) is 0 Å². The Labute approximate surface area is 108 Å². The first-order valence-electron chi connectivity index (χ1n) is 7.14. The number of nitrogens with one attached hydrogen (secondary N) is 1. The smallest absolute Gasteiger partial charge is 0.236 e. The molecule has 1 amide bonds. The summed E-state index contributed by atoms with van der Waals surface area (Å²) in [5, 5.41) is 3.58. The Bertz CT molecular complexity index is 291. The zero-order chi connectivity index (χ0) is 12.4. The molecule has 5 heteroatoms. The first kappa shape index (κ1) is 12.4. The second kappa shape index (κ2) is 5.55. The van der Waals surface area contributed by atoms with Crippen LogP contribution in [-0.4, -0.2) is 74.2 Å². The number of nitrogens with zero attached hydrogens (tertiary/aromatic N) is 2. The standard InChI is InChI=1S/C13H23N3O2/c17-13(16-4-6-18-7-5-16)10-15-8-11-2-1-3-14-12(11)9-15/h11-12,14H,1-10H2. The van der Waals surface area contributed by atoms with Gasteiger partial charge in [-0.3, -0.25) is 9.69 Å². The predicted octanol–water partition coefficient (Wildman–Crippen LogP) is -0.471. The molecular weight excluding hydrogens is 230 g/mol. The SMILES string of the molecule is O=C(CN1CC2CCCNC2C1)N1CCOCC1. The van der Waals surface area contributed by atoms with Gasteiger partial charge in [0.25, 0.3) is 0 Å². The Hall–Kier alpha value is -0.650. The van der Waals surface area contributed by atoms with Gasteiger partial charge in [0.05, 0.1) is 19.8 Å². The number of rotatable bonds is 2. The maximum absolute atomic E-state index is 12.2. The number of amides is 1. The highest BCUT2D eigenvalue weighted by atomic mass is 16.5. The number of hydrogen-bond acceptors (Lipinski definition) is 4. The van der Waals surface area contributed by atoms with Crippen molar-refractivity contribution >= 4 is 5.91 Å². The third-order valence-electron chi connectivity index (χ3n) is 4.40. The Balaban J connectivity index is 1.49. The van der Waals surface area contributed by atoms with Gasteiger partial charge in [0, 0.05) is 32.2 Å². The molecule has 3 aliphatic heterocycles. The lowest BCUT2D eigenvalue weighted by molar-refractivity contribution is -0.136. The number of likely N-dealkylation sites (tertiary alicyclic amines) is 1. The largest absolute Gasteiger partial charge is 0.378 e. The van der Waals surface area contributed by atoms with Gasteiger partial charge >= 0.3 is 0 Å². The summed E-state index contributed by atoms with van der Waals surface area (Å²) in [4.78, 5) is 16.4. The second-order valence-electron chi connectivity index (χ2n) is 5.65. The van der Waals surface area contributed by atoms with Crippen molar-refractivity contribution in [2.75, 3.05) is 52.5 Å². The van der Waals surface area contributed by atoms with Gasteiger partial charge in [0.1, 0.15) is 0 Å². The van der Waals surface area contributed by atoms with Crippen LogP contribution in [0.4, 0.5) is 0 Å². The first-order chi connectivity index (χ1) is 8.83. The van der Waals surface area contributed by atoms with Crippen molar-refractivity contribution in [1.82, 2.24) is 15.1 Å². The maximum Gasteiger partial charge on any atom is 0.236 e. The molecular formula is C13H23N3O2. The van der Waals surface area contributed by atoms with Crippen molar-refractivity contribution < 1.29 is 9.53 Å². The summed E-state index contributed by atoms with van der Waals surface area (Å²) in [7, 11) is 0. The molecule has 3 heterocycles. The number of morpholine rings is 1.